The summed E-state index contributed by atoms with van der Waals surface area (Å²) in [5.74, 6) is 0.176. The van der Waals surface area contributed by atoms with Crippen molar-refractivity contribution in [2.24, 2.45) is 5.92 Å². The van der Waals surface area contributed by atoms with Crippen LogP contribution in [0.4, 0.5) is 0 Å². The fourth-order valence-electron chi connectivity index (χ4n) is 3.61. The van der Waals surface area contributed by atoms with Gasteiger partial charge in [-0.15, -0.1) is 0 Å². The fourth-order valence-corrected chi connectivity index (χ4v) is 3.61. The number of carbonyl (C=O) groups excluding carboxylic acids is 2. The highest BCUT2D eigenvalue weighted by molar-refractivity contribution is 5.99. The van der Waals surface area contributed by atoms with E-state index in [1.54, 1.807) is 4.90 Å². The molecule has 1 N–H and O–H groups in total. The van der Waals surface area contributed by atoms with E-state index >= 15 is 0 Å². The third kappa shape index (κ3) is 3.62. The summed E-state index contributed by atoms with van der Waals surface area (Å²) in [6.45, 7) is 9.07. The van der Waals surface area contributed by atoms with Crippen molar-refractivity contribution >= 4 is 22.8 Å². The molecule has 0 saturated carbocycles. The number of nitrogens with one attached hydrogen (secondary N) is 1. The van der Waals surface area contributed by atoms with Crippen molar-refractivity contribution in [2.45, 2.75) is 53.0 Å². The smallest absolute Gasteiger partial charge is 0.289 e. The Hall–Kier alpha value is -2.30. The molecule has 2 amide bonds. The van der Waals surface area contributed by atoms with E-state index in [1.165, 1.54) is 5.56 Å². The summed E-state index contributed by atoms with van der Waals surface area (Å²) in [4.78, 5) is 27.1. The highest BCUT2D eigenvalue weighted by Crippen LogP contribution is 2.29. The summed E-state index contributed by atoms with van der Waals surface area (Å²) in [6, 6.07) is 6.18. The van der Waals surface area contributed by atoms with Crippen molar-refractivity contribution in [1.29, 1.82) is 0 Å². The van der Waals surface area contributed by atoms with Gasteiger partial charge in [-0.3, -0.25) is 9.59 Å². The quantitative estimate of drug-likeness (QED) is 0.909. The highest BCUT2D eigenvalue weighted by atomic mass is 16.3. The Bertz CT molecular complexity index is 822. The molecule has 1 aliphatic rings. The molecule has 1 aliphatic heterocycles. The van der Waals surface area contributed by atoms with Crippen LogP contribution in [0.1, 0.15) is 55.3 Å². The Morgan fingerprint density at radius 3 is 2.81 bits per heavy atom. The molecule has 0 radical (unpaired) electrons. The Kier molecular flexibility index (Phi) is 5.35. The summed E-state index contributed by atoms with van der Waals surface area (Å²) >= 11 is 0. The molecule has 5 nitrogen and oxygen atoms in total. The van der Waals surface area contributed by atoms with Gasteiger partial charge in [-0.05, 0) is 57.7 Å². The van der Waals surface area contributed by atoms with Crippen molar-refractivity contribution in [3.63, 3.8) is 0 Å². The minimum Gasteiger partial charge on any atom is -0.451 e. The normalized spacial score (nSPS) is 17.7. The van der Waals surface area contributed by atoms with Crippen LogP contribution in [0, 0.1) is 12.8 Å². The fraction of sp³-hybridized carbons (Fsp3) is 0.524. The zero-order valence-electron chi connectivity index (χ0n) is 16.1. The van der Waals surface area contributed by atoms with Gasteiger partial charge in [0.05, 0.1) is 5.92 Å². The van der Waals surface area contributed by atoms with Crippen molar-refractivity contribution in [2.75, 3.05) is 13.1 Å². The monoisotopic (exact) mass is 356 g/mol. The predicted octanol–water partition coefficient (Wildman–Crippen LogP) is 3.68. The van der Waals surface area contributed by atoms with Gasteiger partial charge in [0.1, 0.15) is 5.58 Å². The molecule has 3 rings (SSSR count). The average Bonchev–Trinajstić information content (AvgIpc) is 2.96. The van der Waals surface area contributed by atoms with Gasteiger partial charge in [0, 0.05) is 30.1 Å². The molecule has 1 saturated heterocycles. The molecule has 1 atom stereocenters. The largest absolute Gasteiger partial charge is 0.451 e. The van der Waals surface area contributed by atoms with E-state index in [9.17, 15) is 9.59 Å². The molecule has 1 fully saturated rings. The number of rotatable bonds is 4. The van der Waals surface area contributed by atoms with E-state index in [-0.39, 0.29) is 23.8 Å². The first-order valence-electron chi connectivity index (χ1n) is 9.52. The highest BCUT2D eigenvalue weighted by Gasteiger charge is 2.31. The minimum absolute atomic E-state index is 0.0337. The zero-order valence-corrected chi connectivity index (χ0v) is 16.1. The van der Waals surface area contributed by atoms with Crippen molar-refractivity contribution in [1.82, 2.24) is 10.2 Å². The minimum atomic E-state index is -0.147. The number of furan rings is 1. The van der Waals surface area contributed by atoms with Gasteiger partial charge in [-0.1, -0.05) is 13.0 Å². The van der Waals surface area contributed by atoms with E-state index in [4.69, 9.17) is 4.42 Å². The summed E-state index contributed by atoms with van der Waals surface area (Å²) in [5.41, 5.74) is 2.85. The number of aryl methyl sites for hydroxylation is 2. The topological polar surface area (TPSA) is 62.6 Å². The van der Waals surface area contributed by atoms with Crippen LogP contribution in [-0.2, 0) is 11.2 Å². The third-order valence-corrected chi connectivity index (χ3v) is 5.11. The Morgan fingerprint density at radius 1 is 1.35 bits per heavy atom. The lowest BCUT2D eigenvalue weighted by atomic mass is 9.96. The number of hydrogen-bond donors (Lipinski definition) is 1. The number of carbonyl (C=O) groups is 2. The predicted molar refractivity (Wildman–Crippen MR) is 102 cm³/mol. The van der Waals surface area contributed by atoms with Crippen LogP contribution in [0.5, 0.6) is 0 Å². The number of amides is 2. The molecular weight excluding hydrogens is 328 g/mol. The maximum Gasteiger partial charge on any atom is 0.289 e. The first kappa shape index (κ1) is 18.5. The lowest BCUT2D eigenvalue weighted by molar-refractivity contribution is -0.126. The Balaban J connectivity index is 1.81. The third-order valence-electron chi connectivity index (χ3n) is 5.11. The van der Waals surface area contributed by atoms with Crippen LogP contribution in [0.25, 0.3) is 11.0 Å². The average molecular weight is 356 g/mol. The van der Waals surface area contributed by atoms with E-state index in [2.05, 4.69) is 18.3 Å². The van der Waals surface area contributed by atoms with Crippen LogP contribution >= 0.6 is 0 Å². The van der Waals surface area contributed by atoms with Gasteiger partial charge >= 0.3 is 0 Å². The maximum absolute atomic E-state index is 13.0. The van der Waals surface area contributed by atoms with Crippen LogP contribution < -0.4 is 5.32 Å². The molecule has 140 valence electrons. The first-order valence-corrected chi connectivity index (χ1v) is 9.52. The lowest BCUT2D eigenvalue weighted by Crippen LogP contribution is -2.46. The SMILES string of the molecule is CCc1ccc2oc(C(=O)N3CCCC(C(=O)NC(C)C)C3)c(C)c2c1. The number of fused-ring (bicyclic) bond motifs is 1. The van der Waals surface area contributed by atoms with Crippen molar-refractivity contribution < 1.29 is 14.0 Å². The second-order valence-corrected chi connectivity index (χ2v) is 7.49. The number of piperidine rings is 1. The van der Waals surface area contributed by atoms with Crippen LogP contribution in [0.3, 0.4) is 0 Å². The van der Waals surface area contributed by atoms with Crippen LogP contribution in [-0.4, -0.2) is 35.8 Å². The molecule has 5 heteroatoms. The van der Waals surface area contributed by atoms with Gasteiger partial charge in [0.25, 0.3) is 5.91 Å². The van der Waals surface area contributed by atoms with Gasteiger partial charge in [-0.2, -0.15) is 0 Å². The summed E-state index contributed by atoms with van der Waals surface area (Å²) < 4.78 is 5.88. The van der Waals surface area contributed by atoms with Crippen molar-refractivity contribution in [3.8, 4) is 0 Å². The van der Waals surface area contributed by atoms with E-state index in [0.717, 1.165) is 35.8 Å². The Labute approximate surface area is 154 Å². The van der Waals surface area contributed by atoms with Gasteiger partial charge in [0.15, 0.2) is 5.76 Å². The van der Waals surface area contributed by atoms with Gasteiger partial charge in [0.2, 0.25) is 5.91 Å². The van der Waals surface area contributed by atoms with Gasteiger partial charge in [-0.25, -0.2) is 0 Å². The molecular formula is C21H28N2O3. The number of nitrogens with zero attached hydrogens (tertiary/aromatic N) is 1. The molecule has 0 bridgehead atoms. The Morgan fingerprint density at radius 2 is 2.12 bits per heavy atom. The van der Waals surface area contributed by atoms with Crippen LogP contribution in [0.15, 0.2) is 22.6 Å². The molecule has 1 unspecified atom stereocenters. The number of hydrogen-bond acceptors (Lipinski definition) is 3. The van der Waals surface area contributed by atoms with Gasteiger partial charge < -0.3 is 14.6 Å². The second-order valence-electron chi connectivity index (χ2n) is 7.49. The lowest BCUT2D eigenvalue weighted by Gasteiger charge is -2.32. The van der Waals surface area contributed by atoms with E-state index in [0.29, 0.717) is 18.8 Å². The number of likely N-dealkylation sites (tertiary alicyclic amines) is 1. The number of benzene rings is 1. The van der Waals surface area contributed by atoms with E-state index < -0.39 is 0 Å². The summed E-state index contributed by atoms with van der Waals surface area (Å²) in [7, 11) is 0. The summed E-state index contributed by atoms with van der Waals surface area (Å²) in [6.07, 6.45) is 2.60. The standard InChI is InChI=1S/C21H28N2O3/c1-5-15-8-9-18-17(11-15)14(4)19(26-18)21(25)23-10-6-7-16(12-23)20(24)22-13(2)3/h8-9,11,13,16H,5-7,10,12H2,1-4H3,(H,22,24). The molecule has 0 spiro atoms. The second kappa shape index (κ2) is 7.52. The first-order chi connectivity index (χ1) is 12.4. The molecule has 0 aliphatic carbocycles. The van der Waals surface area contributed by atoms with Crippen molar-refractivity contribution in [3.05, 3.63) is 35.1 Å². The molecule has 1 aromatic carbocycles. The maximum atomic E-state index is 13.0. The molecule has 26 heavy (non-hydrogen) atoms. The zero-order chi connectivity index (χ0) is 18.8. The molecule has 2 heterocycles. The molecule has 1 aromatic heterocycles. The summed E-state index contributed by atoms with van der Waals surface area (Å²) in [5, 5.41) is 3.96. The van der Waals surface area contributed by atoms with E-state index in [1.807, 2.05) is 32.9 Å². The van der Waals surface area contributed by atoms with Crippen LogP contribution in [0.2, 0.25) is 0 Å². The molecule has 2 aromatic rings.